The SMILES string of the molecule is CC(C)c1nnnn1C(=NO)c1ccccc1. The lowest BCUT2D eigenvalue weighted by Gasteiger charge is -2.08. The van der Waals surface area contributed by atoms with Crippen LogP contribution in [0.5, 0.6) is 0 Å². The van der Waals surface area contributed by atoms with E-state index in [4.69, 9.17) is 5.21 Å². The van der Waals surface area contributed by atoms with Gasteiger partial charge in [0.25, 0.3) is 0 Å². The number of rotatable bonds is 2. The van der Waals surface area contributed by atoms with Gasteiger partial charge in [-0.1, -0.05) is 49.3 Å². The summed E-state index contributed by atoms with van der Waals surface area (Å²) in [5.41, 5.74) is 0.754. The zero-order valence-electron chi connectivity index (χ0n) is 9.65. The molecule has 0 amide bonds. The van der Waals surface area contributed by atoms with Crippen molar-refractivity contribution >= 4 is 5.84 Å². The Hall–Kier alpha value is -2.24. The van der Waals surface area contributed by atoms with Crippen molar-refractivity contribution in [1.82, 2.24) is 20.2 Å². The molecule has 6 nitrogen and oxygen atoms in total. The van der Waals surface area contributed by atoms with Gasteiger partial charge in [0, 0.05) is 11.5 Å². The molecule has 1 heterocycles. The van der Waals surface area contributed by atoms with Crippen LogP contribution in [-0.4, -0.2) is 31.3 Å². The van der Waals surface area contributed by atoms with Gasteiger partial charge in [-0.05, 0) is 10.4 Å². The third-order valence-corrected chi connectivity index (χ3v) is 2.34. The minimum absolute atomic E-state index is 0.144. The van der Waals surface area contributed by atoms with E-state index in [9.17, 15) is 0 Å². The number of hydrogen-bond donors (Lipinski definition) is 1. The predicted molar refractivity (Wildman–Crippen MR) is 62.1 cm³/mol. The minimum Gasteiger partial charge on any atom is -0.409 e. The summed E-state index contributed by atoms with van der Waals surface area (Å²) in [6.45, 7) is 3.95. The number of aromatic nitrogens is 4. The van der Waals surface area contributed by atoms with Crippen LogP contribution < -0.4 is 0 Å². The van der Waals surface area contributed by atoms with E-state index in [0.29, 0.717) is 11.7 Å². The Morgan fingerprint density at radius 1 is 1.29 bits per heavy atom. The summed E-state index contributed by atoms with van der Waals surface area (Å²) in [6, 6.07) is 9.28. The molecule has 1 aromatic carbocycles. The highest BCUT2D eigenvalue weighted by molar-refractivity contribution is 5.99. The van der Waals surface area contributed by atoms with Gasteiger partial charge < -0.3 is 5.21 Å². The predicted octanol–water partition coefficient (Wildman–Crippen LogP) is 1.48. The summed E-state index contributed by atoms with van der Waals surface area (Å²) >= 11 is 0. The third kappa shape index (κ3) is 2.15. The van der Waals surface area contributed by atoms with Gasteiger partial charge in [0.15, 0.2) is 5.82 Å². The van der Waals surface area contributed by atoms with Crippen molar-refractivity contribution in [1.29, 1.82) is 0 Å². The summed E-state index contributed by atoms with van der Waals surface area (Å²) in [5, 5.41) is 23.8. The van der Waals surface area contributed by atoms with Crippen LogP contribution in [0.2, 0.25) is 0 Å². The van der Waals surface area contributed by atoms with Gasteiger partial charge in [-0.3, -0.25) is 0 Å². The Morgan fingerprint density at radius 3 is 2.59 bits per heavy atom. The number of hydrogen-bond acceptors (Lipinski definition) is 5. The average Bonchev–Trinajstić information content (AvgIpc) is 2.81. The van der Waals surface area contributed by atoms with Crippen LogP contribution in [0, 0.1) is 0 Å². The fraction of sp³-hybridized carbons (Fsp3) is 0.273. The molecule has 0 saturated heterocycles. The second-order valence-electron chi connectivity index (χ2n) is 3.89. The highest BCUT2D eigenvalue weighted by Gasteiger charge is 2.16. The van der Waals surface area contributed by atoms with E-state index >= 15 is 0 Å². The molecule has 0 aliphatic heterocycles. The molecule has 1 N–H and O–H groups in total. The Labute approximate surface area is 98.6 Å². The van der Waals surface area contributed by atoms with E-state index in [1.165, 1.54) is 4.68 Å². The normalized spacial score (nSPS) is 12.1. The number of oxime groups is 1. The smallest absolute Gasteiger partial charge is 0.203 e. The summed E-state index contributed by atoms with van der Waals surface area (Å²) in [5.74, 6) is 1.12. The molecule has 1 aromatic heterocycles. The molecule has 0 aliphatic carbocycles. The van der Waals surface area contributed by atoms with Gasteiger partial charge in [0.05, 0.1) is 0 Å². The highest BCUT2D eigenvalue weighted by Crippen LogP contribution is 2.11. The van der Waals surface area contributed by atoms with Gasteiger partial charge in [0.2, 0.25) is 5.84 Å². The van der Waals surface area contributed by atoms with Crippen molar-refractivity contribution in [2.24, 2.45) is 5.16 Å². The monoisotopic (exact) mass is 231 g/mol. The van der Waals surface area contributed by atoms with Crippen LogP contribution >= 0.6 is 0 Å². The Morgan fingerprint density at radius 2 is 2.00 bits per heavy atom. The first kappa shape index (κ1) is 11.3. The zero-order valence-corrected chi connectivity index (χ0v) is 9.65. The molecular formula is C11H13N5O. The molecule has 0 saturated carbocycles. The molecule has 0 radical (unpaired) electrons. The lowest BCUT2D eigenvalue weighted by Crippen LogP contribution is -2.19. The van der Waals surface area contributed by atoms with Crippen LogP contribution in [0.3, 0.4) is 0 Å². The van der Waals surface area contributed by atoms with E-state index in [1.54, 1.807) is 0 Å². The van der Waals surface area contributed by atoms with E-state index in [2.05, 4.69) is 20.7 Å². The number of benzene rings is 1. The topological polar surface area (TPSA) is 76.2 Å². The largest absolute Gasteiger partial charge is 0.409 e. The first-order valence-corrected chi connectivity index (χ1v) is 5.30. The molecular weight excluding hydrogens is 218 g/mol. The fourth-order valence-corrected chi connectivity index (χ4v) is 1.51. The molecule has 0 atom stereocenters. The molecule has 17 heavy (non-hydrogen) atoms. The quantitative estimate of drug-likeness (QED) is 0.367. The first-order valence-electron chi connectivity index (χ1n) is 5.30. The lowest BCUT2D eigenvalue weighted by molar-refractivity contribution is 0.316. The summed E-state index contributed by atoms with van der Waals surface area (Å²) in [4.78, 5) is 0. The second-order valence-corrected chi connectivity index (χ2v) is 3.89. The van der Waals surface area contributed by atoms with Crippen molar-refractivity contribution < 1.29 is 5.21 Å². The Balaban J connectivity index is 2.48. The highest BCUT2D eigenvalue weighted by atomic mass is 16.4. The van der Waals surface area contributed by atoms with Gasteiger partial charge in [-0.25, -0.2) is 0 Å². The van der Waals surface area contributed by atoms with Gasteiger partial charge >= 0.3 is 0 Å². The van der Waals surface area contributed by atoms with Gasteiger partial charge in [-0.15, -0.1) is 5.10 Å². The minimum atomic E-state index is 0.144. The zero-order chi connectivity index (χ0) is 12.3. The Kier molecular flexibility index (Phi) is 3.13. The van der Waals surface area contributed by atoms with E-state index < -0.39 is 0 Å². The molecule has 2 aromatic rings. The van der Waals surface area contributed by atoms with Crippen LogP contribution in [0.4, 0.5) is 0 Å². The average molecular weight is 231 g/mol. The van der Waals surface area contributed by atoms with Crippen molar-refractivity contribution in [2.75, 3.05) is 0 Å². The van der Waals surface area contributed by atoms with Crippen LogP contribution in [0.15, 0.2) is 35.5 Å². The van der Waals surface area contributed by atoms with Crippen LogP contribution in [0.25, 0.3) is 0 Å². The van der Waals surface area contributed by atoms with Crippen molar-refractivity contribution in [3.63, 3.8) is 0 Å². The van der Waals surface area contributed by atoms with Crippen LogP contribution in [0.1, 0.15) is 31.2 Å². The summed E-state index contributed by atoms with van der Waals surface area (Å²) in [6.07, 6.45) is 0. The van der Waals surface area contributed by atoms with Crippen LogP contribution in [-0.2, 0) is 0 Å². The van der Waals surface area contributed by atoms with E-state index in [-0.39, 0.29) is 5.92 Å². The molecule has 0 bridgehead atoms. The summed E-state index contributed by atoms with van der Waals surface area (Å²) < 4.78 is 1.44. The molecule has 0 fully saturated rings. The maximum absolute atomic E-state index is 9.13. The maximum atomic E-state index is 9.13. The van der Waals surface area contributed by atoms with E-state index in [0.717, 1.165) is 5.56 Å². The molecule has 0 unspecified atom stereocenters. The number of nitrogens with zero attached hydrogens (tertiary/aromatic N) is 5. The van der Waals surface area contributed by atoms with Gasteiger partial charge in [-0.2, -0.15) is 4.68 Å². The maximum Gasteiger partial charge on any atom is 0.203 e. The fourth-order valence-electron chi connectivity index (χ4n) is 1.51. The third-order valence-electron chi connectivity index (χ3n) is 2.34. The lowest BCUT2D eigenvalue weighted by atomic mass is 10.2. The van der Waals surface area contributed by atoms with Crippen molar-refractivity contribution in [2.45, 2.75) is 19.8 Å². The Bertz CT molecular complexity index is 518. The molecule has 0 spiro atoms. The molecule has 2 rings (SSSR count). The first-order chi connectivity index (χ1) is 8.24. The van der Waals surface area contributed by atoms with Crippen molar-refractivity contribution in [3.8, 4) is 0 Å². The molecule has 0 aliphatic rings. The van der Waals surface area contributed by atoms with E-state index in [1.807, 2.05) is 44.2 Å². The second kappa shape index (κ2) is 4.73. The molecule has 6 heteroatoms. The number of tetrazole rings is 1. The van der Waals surface area contributed by atoms with Gasteiger partial charge in [0.1, 0.15) is 0 Å². The van der Waals surface area contributed by atoms with Crippen molar-refractivity contribution in [3.05, 3.63) is 41.7 Å². The molecule has 88 valence electrons. The summed E-state index contributed by atoms with van der Waals surface area (Å²) in [7, 11) is 0. The standard InChI is InChI=1S/C11H13N5O/c1-8(2)10-12-14-15-16(10)11(13-17)9-6-4-3-5-7-9/h3-8,17H,1-2H3.